The summed E-state index contributed by atoms with van der Waals surface area (Å²) in [5.41, 5.74) is -1.31. The van der Waals surface area contributed by atoms with E-state index in [-0.39, 0.29) is 42.9 Å². The van der Waals surface area contributed by atoms with Crippen LogP contribution in [0.2, 0.25) is 0 Å². The normalized spacial score (nSPS) is 16.3. The molecule has 2 amide bonds. The Bertz CT molecular complexity index is 1520. The Hall–Kier alpha value is -4.15. The fourth-order valence-corrected chi connectivity index (χ4v) is 4.71. The van der Waals surface area contributed by atoms with Gasteiger partial charge in [-0.15, -0.1) is 0 Å². The first kappa shape index (κ1) is 23.6. The average Bonchev–Trinajstić information content (AvgIpc) is 3.00. The number of hydrogen-bond donors (Lipinski definition) is 2. The van der Waals surface area contributed by atoms with E-state index in [9.17, 15) is 37.1 Å². The Morgan fingerprint density at radius 2 is 1.78 bits per heavy atom. The zero-order chi connectivity index (χ0) is 25.9. The van der Waals surface area contributed by atoms with Gasteiger partial charge in [-0.25, -0.2) is 17.6 Å². The second-order valence-corrected chi connectivity index (χ2v) is 8.88. The molecule has 0 aliphatic carbocycles. The number of fused-ring (bicyclic) bond motifs is 5. The highest BCUT2D eigenvalue weighted by Gasteiger charge is 2.38. The molecular weight excluding hydrogens is 482 g/mol. The zero-order valence-electron chi connectivity index (χ0n) is 18.9. The van der Waals surface area contributed by atoms with E-state index in [0.717, 1.165) is 30.5 Å². The third kappa shape index (κ3) is 3.71. The third-order valence-electron chi connectivity index (χ3n) is 6.67. The van der Waals surface area contributed by atoms with Crippen molar-refractivity contribution >= 4 is 11.8 Å². The molecule has 1 aromatic heterocycles. The molecule has 11 heteroatoms. The second-order valence-electron chi connectivity index (χ2n) is 8.88. The van der Waals surface area contributed by atoms with Gasteiger partial charge in [-0.3, -0.25) is 14.4 Å². The van der Waals surface area contributed by atoms with Gasteiger partial charge in [0.05, 0.1) is 6.04 Å². The van der Waals surface area contributed by atoms with Crippen molar-refractivity contribution in [3.8, 4) is 5.75 Å². The third-order valence-corrected chi connectivity index (χ3v) is 6.67. The highest BCUT2D eigenvalue weighted by atomic mass is 19.2. The number of halogens is 4. The summed E-state index contributed by atoms with van der Waals surface area (Å²) in [6.07, 6.45) is 1.27. The maximum Gasteiger partial charge on any atom is 0.274 e. The summed E-state index contributed by atoms with van der Waals surface area (Å²) in [6, 6.07) is 3.69. The maximum atomic E-state index is 14.3. The molecule has 0 saturated carbocycles. The topological polar surface area (TPSA) is 91.6 Å². The molecule has 0 radical (unpaired) electrons. The molecular formula is C25H19F4N3O4. The van der Waals surface area contributed by atoms with Crippen LogP contribution in [0.5, 0.6) is 5.75 Å². The molecule has 0 fully saturated rings. The highest BCUT2D eigenvalue weighted by Crippen LogP contribution is 2.34. The molecule has 1 atom stereocenters. The molecule has 3 aromatic rings. The van der Waals surface area contributed by atoms with E-state index in [1.807, 2.05) is 0 Å². The van der Waals surface area contributed by atoms with E-state index in [4.69, 9.17) is 0 Å². The summed E-state index contributed by atoms with van der Waals surface area (Å²) >= 11 is 0. The zero-order valence-corrected chi connectivity index (χ0v) is 18.9. The molecule has 2 N–H and O–H groups in total. The number of aromatic hydroxyl groups is 1. The Labute approximate surface area is 201 Å². The molecule has 3 heterocycles. The number of nitrogens with zero attached hydrogens (tertiary/aromatic N) is 2. The van der Waals surface area contributed by atoms with Crippen molar-refractivity contribution in [3.05, 3.63) is 97.5 Å². The van der Waals surface area contributed by atoms with E-state index in [1.165, 1.54) is 16.4 Å². The summed E-state index contributed by atoms with van der Waals surface area (Å²) < 4.78 is 56.8. The second kappa shape index (κ2) is 8.51. The van der Waals surface area contributed by atoms with Gasteiger partial charge in [0.2, 0.25) is 5.43 Å². The molecule has 7 nitrogen and oxygen atoms in total. The number of carbonyl (C=O) groups is 2. The lowest BCUT2D eigenvalue weighted by molar-refractivity contribution is 0.0653. The molecule has 5 rings (SSSR count). The monoisotopic (exact) mass is 501 g/mol. The van der Waals surface area contributed by atoms with Gasteiger partial charge < -0.3 is 19.9 Å². The molecule has 2 aromatic carbocycles. The fraction of sp³-hybridized carbons (Fsp3) is 0.240. The van der Waals surface area contributed by atoms with Gasteiger partial charge in [-0.2, -0.15) is 0 Å². The van der Waals surface area contributed by atoms with Gasteiger partial charge in [-0.05, 0) is 42.7 Å². The van der Waals surface area contributed by atoms with Crippen LogP contribution in [0.15, 0.2) is 35.3 Å². The highest BCUT2D eigenvalue weighted by molar-refractivity contribution is 5.99. The number of benzene rings is 2. The van der Waals surface area contributed by atoms with Crippen LogP contribution in [-0.4, -0.2) is 32.9 Å². The van der Waals surface area contributed by atoms with Crippen molar-refractivity contribution in [3.63, 3.8) is 0 Å². The molecule has 0 unspecified atom stereocenters. The average molecular weight is 501 g/mol. The lowest BCUT2D eigenvalue weighted by Crippen LogP contribution is -2.44. The minimum absolute atomic E-state index is 0.00927. The predicted octanol–water partition coefficient (Wildman–Crippen LogP) is 3.10. The Kier molecular flexibility index (Phi) is 5.57. The predicted molar refractivity (Wildman–Crippen MR) is 118 cm³/mol. The van der Waals surface area contributed by atoms with Crippen LogP contribution in [0.3, 0.4) is 0 Å². The van der Waals surface area contributed by atoms with Gasteiger partial charge in [-0.1, -0.05) is 6.07 Å². The largest absolute Gasteiger partial charge is 0.503 e. The molecule has 0 saturated heterocycles. The van der Waals surface area contributed by atoms with E-state index < -0.39 is 57.9 Å². The maximum absolute atomic E-state index is 14.3. The first-order chi connectivity index (χ1) is 17.1. The molecule has 0 spiro atoms. The van der Waals surface area contributed by atoms with Crippen LogP contribution in [0.25, 0.3) is 0 Å². The van der Waals surface area contributed by atoms with Crippen LogP contribution < -0.4 is 10.7 Å². The summed E-state index contributed by atoms with van der Waals surface area (Å²) in [4.78, 5) is 40.0. The van der Waals surface area contributed by atoms with Crippen molar-refractivity contribution in [2.75, 3.05) is 6.54 Å². The van der Waals surface area contributed by atoms with E-state index >= 15 is 0 Å². The Morgan fingerprint density at radius 3 is 2.50 bits per heavy atom. The number of aromatic nitrogens is 1. The van der Waals surface area contributed by atoms with E-state index in [0.29, 0.717) is 11.1 Å². The summed E-state index contributed by atoms with van der Waals surface area (Å²) in [7, 11) is 0. The van der Waals surface area contributed by atoms with Gasteiger partial charge >= 0.3 is 0 Å². The summed E-state index contributed by atoms with van der Waals surface area (Å²) in [5, 5.41) is 13.0. The lowest BCUT2D eigenvalue weighted by Gasteiger charge is -2.34. The number of rotatable bonds is 3. The van der Waals surface area contributed by atoms with Crippen molar-refractivity contribution < 1.29 is 32.3 Å². The summed E-state index contributed by atoms with van der Waals surface area (Å²) in [5.74, 6) is -6.26. The smallest absolute Gasteiger partial charge is 0.274 e. The quantitative estimate of drug-likeness (QED) is 0.540. The fourth-order valence-electron chi connectivity index (χ4n) is 4.71. The van der Waals surface area contributed by atoms with Crippen LogP contribution in [-0.2, 0) is 19.5 Å². The number of amides is 2. The van der Waals surface area contributed by atoms with Crippen LogP contribution in [0.4, 0.5) is 17.6 Å². The van der Waals surface area contributed by atoms with Crippen LogP contribution >= 0.6 is 0 Å². The van der Waals surface area contributed by atoms with Crippen molar-refractivity contribution in [2.24, 2.45) is 0 Å². The van der Waals surface area contributed by atoms with Gasteiger partial charge in [0, 0.05) is 37.0 Å². The van der Waals surface area contributed by atoms with Gasteiger partial charge in [0.1, 0.15) is 17.2 Å². The van der Waals surface area contributed by atoms with Crippen LogP contribution in [0.1, 0.15) is 49.1 Å². The van der Waals surface area contributed by atoms with E-state index in [2.05, 4.69) is 5.32 Å². The first-order valence-electron chi connectivity index (χ1n) is 11.0. The van der Waals surface area contributed by atoms with Crippen molar-refractivity contribution in [2.45, 2.75) is 32.5 Å². The van der Waals surface area contributed by atoms with Gasteiger partial charge in [0.25, 0.3) is 11.8 Å². The Balaban J connectivity index is 1.51. The molecule has 2 bridgehead atoms. The molecule has 2 aliphatic rings. The minimum atomic E-state index is -1.10. The standard InChI is InChI=1S/C25H19F4N3O4/c1-11-17(26)3-2-12(20(11)29)7-30-24(35)16-10-32-15-4-13-5-18(27)19(28)6-14(13)8-31(9-15)25(36)21(32)23(34)22(16)33/h2-3,5-6,10,15,34H,4,7-9H2,1H3,(H,30,35)/t15-/m0/s1. The molecule has 36 heavy (non-hydrogen) atoms. The summed E-state index contributed by atoms with van der Waals surface area (Å²) in [6.45, 7) is 0.963. The SMILES string of the molecule is Cc1c(F)ccc(CNC(=O)c2cn3c(c(O)c2=O)C(=O)N2Cc4cc(F)c(F)cc4C[C@H]3C2)c1F. The van der Waals surface area contributed by atoms with Crippen molar-refractivity contribution in [1.29, 1.82) is 0 Å². The molecule has 186 valence electrons. The number of carbonyl (C=O) groups excluding carboxylic acids is 2. The lowest BCUT2D eigenvalue weighted by atomic mass is 10.0. The van der Waals surface area contributed by atoms with E-state index in [1.54, 1.807) is 0 Å². The van der Waals surface area contributed by atoms with Crippen LogP contribution in [0, 0.1) is 30.2 Å². The van der Waals surface area contributed by atoms with Crippen molar-refractivity contribution in [1.82, 2.24) is 14.8 Å². The Morgan fingerprint density at radius 1 is 1.08 bits per heavy atom. The first-order valence-corrected chi connectivity index (χ1v) is 11.0. The number of pyridine rings is 1. The number of hydrogen-bond acceptors (Lipinski definition) is 4. The van der Waals surface area contributed by atoms with Gasteiger partial charge in [0.15, 0.2) is 23.1 Å². The number of nitrogens with one attached hydrogen (secondary N) is 1. The minimum Gasteiger partial charge on any atom is -0.503 e. The molecule has 2 aliphatic heterocycles.